The van der Waals surface area contributed by atoms with Gasteiger partial charge in [-0.3, -0.25) is 9.59 Å². The first-order valence-corrected chi connectivity index (χ1v) is 7.35. The molecule has 0 aliphatic carbocycles. The first-order valence-electron chi connectivity index (χ1n) is 6.60. The van der Waals surface area contributed by atoms with Crippen molar-refractivity contribution in [2.45, 2.75) is 13.8 Å². The monoisotopic (exact) mass is 332 g/mol. The number of hydrogen-bond acceptors (Lipinski definition) is 3. The third-order valence-corrected chi connectivity index (χ3v) is 3.23. The smallest absolute Gasteiger partial charge is 0.260 e. The molecule has 0 saturated carbocycles. The summed E-state index contributed by atoms with van der Waals surface area (Å²) in [4.78, 5) is 24.9. The summed E-state index contributed by atoms with van der Waals surface area (Å²) in [5.74, 6) is -0.153. The molecule has 7 heteroatoms. The Morgan fingerprint density at radius 2 is 2.00 bits per heavy atom. The van der Waals surface area contributed by atoms with Gasteiger partial charge in [-0.1, -0.05) is 23.2 Å². The van der Waals surface area contributed by atoms with Crippen LogP contribution in [-0.4, -0.2) is 43.0 Å². The van der Waals surface area contributed by atoms with E-state index in [1.165, 1.54) is 11.0 Å². The van der Waals surface area contributed by atoms with Gasteiger partial charge in [-0.05, 0) is 26.0 Å². The number of ether oxygens (including phenoxy) is 1. The lowest BCUT2D eigenvalue weighted by atomic mass is 10.3. The summed E-state index contributed by atoms with van der Waals surface area (Å²) < 4.78 is 5.36. The highest BCUT2D eigenvalue weighted by molar-refractivity contribution is 6.34. The Morgan fingerprint density at radius 1 is 1.29 bits per heavy atom. The second-order valence-electron chi connectivity index (χ2n) is 4.22. The van der Waals surface area contributed by atoms with Gasteiger partial charge in [0.15, 0.2) is 6.61 Å². The van der Waals surface area contributed by atoms with Crippen molar-refractivity contribution in [2.24, 2.45) is 0 Å². The molecule has 0 heterocycles. The molecule has 0 atom stereocenters. The lowest BCUT2D eigenvalue weighted by Crippen LogP contribution is -2.42. The van der Waals surface area contributed by atoms with Crippen LogP contribution in [0.3, 0.4) is 0 Å². The summed E-state index contributed by atoms with van der Waals surface area (Å²) in [6.45, 7) is 4.37. The molecular weight excluding hydrogens is 315 g/mol. The molecule has 116 valence electrons. The Balaban J connectivity index is 2.58. The van der Waals surface area contributed by atoms with E-state index in [9.17, 15) is 9.59 Å². The van der Waals surface area contributed by atoms with Crippen molar-refractivity contribution in [3.63, 3.8) is 0 Å². The van der Waals surface area contributed by atoms with Gasteiger partial charge in [-0.2, -0.15) is 0 Å². The van der Waals surface area contributed by atoms with Gasteiger partial charge in [0.1, 0.15) is 5.75 Å². The minimum Gasteiger partial charge on any atom is -0.482 e. The van der Waals surface area contributed by atoms with Gasteiger partial charge in [-0.25, -0.2) is 0 Å². The Morgan fingerprint density at radius 3 is 2.62 bits per heavy atom. The molecule has 21 heavy (non-hydrogen) atoms. The minimum atomic E-state index is -0.292. The molecule has 1 rings (SSSR count). The number of carbonyl (C=O) groups is 2. The van der Waals surface area contributed by atoms with Crippen LogP contribution in [0.4, 0.5) is 0 Å². The van der Waals surface area contributed by atoms with Crippen LogP contribution in [0.1, 0.15) is 13.8 Å². The summed E-state index contributed by atoms with van der Waals surface area (Å²) in [5, 5.41) is 3.49. The van der Waals surface area contributed by atoms with E-state index in [1.54, 1.807) is 19.1 Å². The number of carbonyl (C=O) groups excluding carboxylic acids is 2. The van der Waals surface area contributed by atoms with E-state index in [1.807, 2.05) is 6.92 Å². The average Bonchev–Trinajstić information content (AvgIpc) is 2.45. The van der Waals surface area contributed by atoms with Gasteiger partial charge in [0.2, 0.25) is 5.91 Å². The van der Waals surface area contributed by atoms with Crippen LogP contribution in [0, 0.1) is 0 Å². The summed E-state index contributed by atoms with van der Waals surface area (Å²) in [5.41, 5.74) is 0. The van der Waals surface area contributed by atoms with E-state index < -0.39 is 0 Å². The van der Waals surface area contributed by atoms with Crippen LogP contribution < -0.4 is 10.1 Å². The van der Waals surface area contributed by atoms with Crippen molar-refractivity contribution in [3.05, 3.63) is 28.2 Å². The van der Waals surface area contributed by atoms with Gasteiger partial charge >= 0.3 is 0 Å². The van der Waals surface area contributed by atoms with Crippen molar-refractivity contribution < 1.29 is 14.3 Å². The van der Waals surface area contributed by atoms with E-state index >= 15 is 0 Å². The van der Waals surface area contributed by atoms with Gasteiger partial charge in [0.05, 0.1) is 11.6 Å². The molecule has 1 aromatic carbocycles. The molecule has 1 N–H and O–H groups in total. The van der Waals surface area contributed by atoms with Crippen molar-refractivity contribution in [1.82, 2.24) is 10.2 Å². The van der Waals surface area contributed by atoms with Gasteiger partial charge in [-0.15, -0.1) is 0 Å². The predicted molar refractivity (Wildman–Crippen MR) is 82.9 cm³/mol. The number of halogens is 2. The number of hydrogen-bond donors (Lipinski definition) is 1. The molecule has 0 radical (unpaired) electrons. The standard InChI is InChI=1S/C14H18Cl2N2O3/c1-3-17-13(19)8-18(4-2)14(20)9-21-12-7-10(15)5-6-11(12)16/h5-7H,3-4,8-9H2,1-2H3,(H,17,19). The van der Waals surface area contributed by atoms with Crippen LogP contribution in [0.2, 0.25) is 10.0 Å². The molecule has 0 fully saturated rings. The first-order chi connectivity index (χ1) is 9.97. The molecule has 0 aliphatic rings. The number of benzene rings is 1. The lowest BCUT2D eigenvalue weighted by Gasteiger charge is -2.20. The van der Waals surface area contributed by atoms with Gasteiger partial charge < -0.3 is 15.0 Å². The molecule has 0 aromatic heterocycles. The number of amides is 2. The first kappa shape index (κ1) is 17.6. The van der Waals surface area contributed by atoms with Crippen LogP contribution >= 0.6 is 23.2 Å². The fourth-order valence-corrected chi connectivity index (χ4v) is 1.96. The van der Waals surface area contributed by atoms with E-state index in [4.69, 9.17) is 27.9 Å². The highest BCUT2D eigenvalue weighted by Gasteiger charge is 2.16. The quantitative estimate of drug-likeness (QED) is 0.833. The molecule has 0 spiro atoms. The van der Waals surface area contributed by atoms with Crippen molar-refractivity contribution in [2.75, 3.05) is 26.2 Å². The maximum atomic E-state index is 12.0. The number of rotatable bonds is 7. The predicted octanol–water partition coefficient (Wildman–Crippen LogP) is 2.36. The summed E-state index contributed by atoms with van der Waals surface area (Å²) >= 11 is 11.8. The largest absolute Gasteiger partial charge is 0.482 e. The highest BCUT2D eigenvalue weighted by atomic mass is 35.5. The molecule has 2 amide bonds. The van der Waals surface area contributed by atoms with Crippen LogP contribution in [0.5, 0.6) is 5.75 Å². The molecule has 5 nitrogen and oxygen atoms in total. The fourth-order valence-electron chi connectivity index (χ4n) is 1.62. The van der Waals surface area contributed by atoms with Crippen molar-refractivity contribution >= 4 is 35.0 Å². The Bertz CT molecular complexity index is 509. The van der Waals surface area contributed by atoms with E-state index in [2.05, 4.69) is 5.32 Å². The van der Waals surface area contributed by atoms with E-state index in [-0.39, 0.29) is 25.0 Å². The van der Waals surface area contributed by atoms with Crippen LogP contribution in [0.15, 0.2) is 18.2 Å². The highest BCUT2D eigenvalue weighted by Crippen LogP contribution is 2.27. The number of nitrogens with zero attached hydrogens (tertiary/aromatic N) is 1. The molecule has 0 unspecified atom stereocenters. The fraction of sp³-hybridized carbons (Fsp3) is 0.429. The zero-order valence-corrected chi connectivity index (χ0v) is 13.5. The molecular formula is C14H18Cl2N2O3. The topological polar surface area (TPSA) is 58.6 Å². The second kappa shape index (κ2) is 8.74. The second-order valence-corrected chi connectivity index (χ2v) is 5.07. The lowest BCUT2D eigenvalue weighted by molar-refractivity contribution is -0.137. The van der Waals surface area contributed by atoms with E-state index in [0.717, 1.165) is 0 Å². The normalized spacial score (nSPS) is 10.1. The number of likely N-dealkylation sites (N-methyl/N-ethyl adjacent to an activating group) is 2. The molecule has 0 saturated heterocycles. The Hall–Kier alpha value is -1.46. The zero-order chi connectivity index (χ0) is 15.8. The maximum Gasteiger partial charge on any atom is 0.260 e. The van der Waals surface area contributed by atoms with Crippen molar-refractivity contribution in [3.8, 4) is 5.75 Å². The zero-order valence-electron chi connectivity index (χ0n) is 12.0. The third kappa shape index (κ3) is 5.81. The molecule has 0 aliphatic heterocycles. The maximum absolute atomic E-state index is 12.0. The summed E-state index contributed by atoms with van der Waals surface area (Å²) in [6, 6.07) is 4.76. The molecule has 1 aromatic rings. The SMILES string of the molecule is CCNC(=O)CN(CC)C(=O)COc1cc(Cl)ccc1Cl. The van der Waals surface area contributed by atoms with Crippen molar-refractivity contribution in [1.29, 1.82) is 0 Å². The Labute approximate surface area is 134 Å². The summed E-state index contributed by atoms with van der Waals surface area (Å²) in [7, 11) is 0. The van der Waals surface area contributed by atoms with Crippen LogP contribution in [0.25, 0.3) is 0 Å². The molecule has 0 bridgehead atoms. The summed E-state index contributed by atoms with van der Waals surface area (Å²) in [6.07, 6.45) is 0. The number of nitrogens with one attached hydrogen (secondary N) is 1. The third-order valence-electron chi connectivity index (χ3n) is 2.69. The minimum absolute atomic E-state index is 0.00973. The Kier molecular flexibility index (Phi) is 7.32. The van der Waals surface area contributed by atoms with Gasteiger partial charge in [0, 0.05) is 24.2 Å². The van der Waals surface area contributed by atoms with Gasteiger partial charge in [0.25, 0.3) is 5.91 Å². The average molecular weight is 333 g/mol. The van der Waals surface area contributed by atoms with Crippen LogP contribution in [-0.2, 0) is 9.59 Å². The van der Waals surface area contributed by atoms with E-state index in [0.29, 0.717) is 28.9 Å².